The lowest BCUT2D eigenvalue weighted by atomic mass is 10.3. The molecule has 0 radical (unpaired) electrons. The van der Waals surface area contributed by atoms with Crippen molar-refractivity contribution in [2.45, 2.75) is 17.4 Å². The molecule has 1 amide bonds. The molecule has 3 aromatic rings. The van der Waals surface area contributed by atoms with E-state index in [2.05, 4.69) is 15.3 Å². The Bertz CT molecular complexity index is 691. The SMILES string of the molecule is CC(Sc1nc2ccccc2o1)C(=O)Nc1nccs1. The number of nitrogens with zero attached hydrogens (tertiary/aromatic N) is 2. The summed E-state index contributed by atoms with van der Waals surface area (Å²) in [6, 6.07) is 7.52. The van der Waals surface area contributed by atoms with Crippen LogP contribution in [0.3, 0.4) is 0 Å². The third-order valence-electron chi connectivity index (χ3n) is 2.58. The van der Waals surface area contributed by atoms with Crippen molar-refractivity contribution in [3.63, 3.8) is 0 Å². The zero-order valence-corrected chi connectivity index (χ0v) is 12.2. The maximum atomic E-state index is 12.0. The van der Waals surface area contributed by atoms with Gasteiger partial charge in [-0.3, -0.25) is 4.79 Å². The highest BCUT2D eigenvalue weighted by atomic mass is 32.2. The number of hydrogen-bond acceptors (Lipinski definition) is 6. The number of aromatic nitrogens is 2. The molecular weight excluding hydrogens is 294 g/mol. The molecule has 1 unspecified atom stereocenters. The topological polar surface area (TPSA) is 68.0 Å². The van der Waals surface area contributed by atoms with Crippen LogP contribution >= 0.6 is 23.1 Å². The van der Waals surface area contributed by atoms with Crippen molar-refractivity contribution >= 4 is 45.2 Å². The van der Waals surface area contributed by atoms with E-state index in [0.29, 0.717) is 10.4 Å². The Hall–Kier alpha value is -1.86. The smallest absolute Gasteiger partial charge is 0.257 e. The summed E-state index contributed by atoms with van der Waals surface area (Å²) >= 11 is 2.67. The molecule has 0 aliphatic heterocycles. The summed E-state index contributed by atoms with van der Waals surface area (Å²) in [6.07, 6.45) is 1.65. The first-order valence-electron chi connectivity index (χ1n) is 5.95. The van der Waals surface area contributed by atoms with Crippen LogP contribution in [-0.4, -0.2) is 21.1 Å². The molecule has 0 spiro atoms. The third kappa shape index (κ3) is 2.83. The van der Waals surface area contributed by atoms with E-state index in [0.717, 1.165) is 11.1 Å². The Morgan fingerprint density at radius 3 is 3.05 bits per heavy atom. The van der Waals surface area contributed by atoms with Crippen LogP contribution in [0, 0.1) is 0 Å². The van der Waals surface area contributed by atoms with Crippen molar-refractivity contribution in [3.05, 3.63) is 35.8 Å². The molecule has 0 saturated carbocycles. The minimum atomic E-state index is -0.313. The van der Waals surface area contributed by atoms with Crippen molar-refractivity contribution in [1.29, 1.82) is 0 Å². The fourth-order valence-electron chi connectivity index (χ4n) is 1.60. The van der Waals surface area contributed by atoms with Gasteiger partial charge in [0.15, 0.2) is 10.7 Å². The van der Waals surface area contributed by atoms with Crippen molar-refractivity contribution in [2.75, 3.05) is 5.32 Å². The van der Waals surface area contributed by atoms with Gasteiger partial charge in [-0.05, 0) is 19.1 Å². The van der Waals surface area contributed by atoms with Crippen LogP contribution in [0.2, 0.25) is 0 Å². The number of thioether (sulfide) groups is 1. The van der Waals surface area contributed by atoms with Gasteiger partial charge < -0.3 is 9.73 Å². The molecule has 0 bridgehead atoms. The average Bonchev–Trinajstić information content (AvgIpc) is 3.06. The van der Waals surface area contributed by atoms with E-state index >= 15 is 0 Å². The first kappa shape index (κ1) is 13.1. The number of anilines is 1. The van der Waals surface area contributed by atoms with Gasteiger partial charge in [0.25, 0.3) is 5.22 Å². The summed E-state index contributed by atoms with van der Waals surface area (Å²) in [5, 5.41) is 5.35. The summed E-state index contributed by atoms with van der Waals surface area (Å²) in [5.74, 6) is -0.118. The van der Waals surface area contributed by atoms with Gasteiger partial charge in [0.2, 0.25) is 5.91 Å². The Labute approximate surface area is 123 Å². The quantitative estimate of drug-likeness (QED) is 0.748. The summed E-state index contributed by atoms with van der Waals surface area (Å²) in [4.78, 5) is 20.3. The zero-order valence-electron chi connectivity index (χ0n) is 10.6. The number of oxazole rings is 1. The normalized spacial score (nSPS) is 12.4. The van der Waals surface area contributed by atoms with Gasteiger partial charge in [-0.1, -0.05) is 23.9 Å². The lowest BCUT2D eigenvalue weighted by Crippen LogP contribution is -2.22. The lowest BCUT2D eigenvalue weighted by Gasteiger charge is -2.07. The van der Waals surface area contributed by atoms with E-state index in [1.807, 2.05) is 36.6 Å². The molecule has 0 fully saturated rings. The van der Waals surface area contributed by atoms with Crippen LogP contribution in [0.5, 0.6) is 0 Å². The van der Waals surface area contributed by atoms with Crippen molar-refractivity contribution in [2.24, 2.45) is 0 Å². The van der Waals surface area contributed by atoms with Gasteiger partial charge >= 0.3 is 0 Å². The maximum absolute atomic E-state index is 12.0. The molecule has 2 aromatic heterocycles. The number of rotatable bonds is 4. The van der Waals surface area contributed by atoms with E-state index in [9.17, 15) is 4.79 Å². The molecule has 1 atom stereocenters. The van der Waals surface area contributed by atoms with Crippen molar-refractivity contribution < 1.29 is 9.21 Å². The molecule has 1 N–H and O–H groups in total. The van der Waals surface area contributed by atoms with Crippen LogP contribution in [0.25, 0.3) is 11.1 Å². The number of thiazole rings is 1. The molecule has 7 heteroatoms. The van der Waals surface area contributed by atoms with Gasteiger partial charge in [-0.15, -0.1) is 11.3 Å². The number of para-hydroxylation sites is 2. The Morgan fingerprint density at radius 1 is 1.45 bits per heavy atom. The van der Waals surface area contributed by atoms with Crippen LogP contribution < -0.4 is 5.32 Å². The van der Waals surface area contributed by atoms with Gasteiger partial charge in [-0.25, -0.2) is 9.97 Å². The van der Waals surface area contributed by atoms with Gasteiger partial charge in [0.05, 0.1) is 5.25 Å². The number of hydrogen-bond donors (Lipinski definition) is 1. The summed E-state index contributed by atoms with van der Waals surface area (Å²) < 4.78 is 5.58. The van der Waals surface area contributed by atoms with Crippen LogP contribution in [0.15, 0.2) is 45.5 Å². The largest absolute Gasteiger partial charge is 0.431 e. The molecule has 3 rings (SSSR count). The highest BCUT2D eigenvalue weighted by Gasteiger charge is 2.18. The third-order valence-corrected chi connectivity index (χ3v) is 4.22. The minimum Gasteiger partial charge on any atom is -0.431 e. The molecule has 2 heterocycles. The number of benzene rings is 1. The fourth-order valence-corrected chi connectivity index (χ4v) is 2.89. The van der Waals surface area contributed by atoms with Gasteiger partial charge in [-0.2, -0.15) is 0 Å². The predicted molar refractivity (Wildman–Crippen MR) is 80.1 cm³/mol. The van der Waals surface area contributed by atoms with Crippen LogP contribution in [0.1, 0.15) is 6.92 Å². The average molecular weight is 305 g/mol. The standard InChI is InChI=1S/C13H11N3O2S2/c1-8(11(17)16-12-14-6-7-19-12)20-13-15-9-4-2-3-5-10(9)18-13/h2-8H,1H3,(H,14,16,17). The molecule has 1 aromatic carbocycles. The number of nitrogens with one attached hydrogen (secondary N) is 1. The molecule has 0 aliphatic rings. The first-order valence-corrected chi connectivity index (χ1v) is 7.71. The molecule has 0 saturated heterocycles. The van der Waals surface area contributed by atoms with Crippen molar-refractivity contribution in [1.82, 2.24) is 9.97 Å². The predicted octanol–water partition coefficient (Wildman–Crippen LogP) is 3.40. The van der Waals surface area contributed by atoms with Gasteiger partial charge in [0, 0.05) is 11.6 Å². The molecule has 5 nitrogen and oxygen atoms in total. The van der Waals surface area contributed by atoms with E-state index in [4.69, 9.17) is 4.42 Å². The highest BCUT2D eigenvalue weighted by Crippen LogP contribution is 2.27. The number of carbonyl (C=O) groups excluding carboxylic acids is 1. The molecule has 20 heavy (non-hydrogen) atoms. The maximum Gasteiger partial charge on any atom is 0.257 e. The Morgan fingerprint density at radius 2 is 2.30 bits per heavy atom. The van der Waals surface area contributed by atoms with Crippen LogP contribution in [0.4, 0.5) is 5.13 Å². The second kappa shape index (κ2) is 5.64. The van der Waals surface area contributed by atoms with E-state index in [-0.39, 0.29) is 11.2 Å². The second-order valence-electron chi connectivity index (χ2n) is 4.03. The first-order chi connectivity index (χ1) is 9.72. The highest BCUT2D eigenvalue weighted by molar-refractivity contribution is 8.00. The minimum absolute atomic E-state index is 0.118. The number of carbonyl (C=O) groups is 1. The summed E-state index contributed by atoms with van der Waals surface area (Å²) in [5.41, 5.74) is 1.52. The lowest BCUT2D eigenvalue weighted by molar-refractivity contribution is -0.115. The summed E-state index contributed by atoms with van der Waals surface area (Å²) in [7, 11) is 0. The van der Waals surface area contributed by atoms with E-state index in [1.165, 1.54) is 23.1 Å². The van der Waals surface area contributed by atoms with Crippen molar-refractivity contribution in [3.8, 4) is 0 Å². The van der Waals surface area contributed by atoms with Crippen LogP contribution in [-0.2, 0) is 4.79 Å². The monoisotopic (exact) mass is 305 g/mol. The second-order valence-corrected chi connectivity index (χ2v) is 6.22. The fraction of sp³-hybridized carbons (Fsp3) is 0.154. The zero-order chi connectivity index (χ0) is 13.9. The summed E-state index contributed by atoms with van der Waals surface area (Å²) in [6.45, 7) is 1.81. The van der Waals surface area contributed by atoms with E-state index in [1.54, 1.807) is 6.20 Å². The van der Waals surface area contributed by atoms with E-state index < -0.39 is 0 Å². The number of fused-ring (bicyclic) bond motifs is 1. The molecular formula is C13H11N3O2S2. The van der Waals surface area contributed by atoms with Gasteiger partial charge in [0.1, 0.15) is 5.52 Å². The Balaban J connectivity index is 1.68. The number of amides is 1. The Kier molecular flexibility index (Phi) is 3.70. The molecule has 102 valence electrons. The molecule has 0 aliphatic carbocycles.